The Labute approximate surface area is 100 Å². The number of hydrogen-bond acceptors (Lipinski definition) is 2. The average Bonchev–Trinajstić information content (AvgIpc) is 2.82. The Morgan fingerprint density at radius 2 is 2.24 bits per heavy atom. The summed E-state index contributed by atoms with van der Waals surface area (Å²) in [5.74, 6) is -0.0259. The summed E-state index contributed by atoms with van der Waals surface area (Å²) >= 11 is 0. The van der Waals surface area contributed by atoms with Gasteiger partial charge in [-0.1, -0.05) is 12.1 Å². The van der Waals surface area contributed by atoms with E-state index in [1.54, 1.807) is 10.9 Å². The lowest BCUT2D eigenvalue weighted by atomic mass is 10.1. The highest BCUT2D eigenvalue weighted by Crippen LogP contribution is 2.16. The highest BCUT2D eigenvalue weighted by atomic mass is 16.1. The molecule has 1 heterocycles. The van der Waals surface area contributed by atoms with Crippen molar-refractivity contribution in [2.24, 2.45) is 0 Å². The van der Waals surface area contributed by atoms with Crippen molar-refractivity contribution >= 4 is 5.91 Å². The van der Waals surface area contributed by atoms with Crippen LogP contribution >= 0.6 is 0 Å². The molecule has 4 heteroatoms. The van der Waals surface area contributed by atoms with Crippen LogP contribution in [-0.2, 0) is 4.79 Å². The van der Waals surface area contributed by atoms with E-state index in [1.807, 2.05) is 43.5 Å². The van der Waals surface area contributed by atoms with E-state index in [-0.39, 0.29) is 11.9 Å². The van der Waals surface area contributed by atoms with Gasteiger partial charge in [0.1, 0.15) is 0 Å². The maximum atomic E-state index is 11.0. The first-order chi connectivity index (χ1) is 8.16. The van der Waals surface area contributed by atoms with Crippen LogP contribution in [0.2, 0.25) is 0 Å². The first kappa shape index (κ1) is 11.4. The van der Waals surface area contributed by atoms with Crippen molar-refractivity contribution < 1.29 is 4.79 Å². The fraction of sp³-hybridized carbons (Fsp3) is 0.231. The Morgan fingerprint density at radius 1 is 1.41 bits per heavy atom. The van der Waals surface area contributed by atoms with Crippen molar-refractivity contribution in [1.82, 2.24) is 15.1 Å². The number of nitrogens with zero attached hydrogens (tertiary/aromatic N) is 2. The van der Waals surface area contributed by atoms with Gasteiger partial charge in [-0.3, -0.25) is 4.79 Å². The zero-order chi connectivity index (χ0) is 12.3. The lowest BCUT2D eigenvalue weighted by Crippen LogP contribution is -2.23. The summed E-state index contributed by atoms with van der Waals surface area (Å²) in [5, 5.41) is 7.04. The van der Waals surface area contributed by atoms with Crippen LogP contribution < -0.4 is 5.32 Å². The van der Waals surface area contributed by atoms with Gasteiger partial charge in [-0.2, -0.15) is 5.10 Å². The van der Waals surface area contributed by atoms with E-state index in [4.69, 9.17) is 0 Å². The number of aromatic nitrogens is 2. The second kappa shape index (κ2) is 4.82. The summed E-state index contributed by atoms with van der Waals surface area (Å²) in [6.45, 7) is 3.48. The van der Waals surface area contributed by atoms with E-state index in [0.29, 0.717) is 0 Å². The van der Waals surface area contributed by atoms with E-state index in [9.17, 15) is 4.79 Å². The number of amides is 1. The van der Waals surface area contributed by atoms with Gasteiger partial charge in [0.05, 0.1) is 11.7 Å². The standard InChI is InChI=1S/C13H15N3O/c1-10(15-11(2)17)12-5-3-6-13(9-12)16-8-4-7-14-16/h3-10H,1-2H3,(H,15,17). The Balaban J connectivity index is 2.25. The predicted octanol–water partition coefficient (Wildman–Crippen LogP) is 2.07. The molecular weight excluding hydrogens is 214 g/mol. The third-order valence-corrected chi connectivity index (χ3v) is 2.56. The molecule has 1 N–H and O–H groups in total. The molecule has 0 radical (unpaired) electrons. The van der Waals surface area contributed by atoms with Crippen LogP contribution in [0.1, 0.15) is 25.5 Å². The third kappa shape index (κ3) is 2.72. The number of benzene rings is 1. The predicted molar refractivity (Wildman–Crippen MR) is 65.8 cm³/mol. The summed E-state index contributed by atoms with van der Waals surface area (Å²) in [6.07, 6.45) is 3.63. The van der Waals surface area contributed by atoms with Crippen LogP contribution in [0.15, 0.2) is 42.7 Å². The summed E-state index contributed by atoms with van der Waals surface area (Å²) in [4.78, 5) is 11.0. The number of rotatable bonds is 3. The molecule has 1 unspecified atom stereocenters. The number of nitrogens with one attached hydrogen (secondary N) is 1. The van der Waals surface area contributed by atoms with E-state index in [2.05, 4.69) is 10.4 Å². The largest absolute Gasteiger partial charge is 0.350 e. The molecule has 17 heavy (non-hydrogen) atoms. The van der Waals surface area contributed by atoms with Gasteiger partial charge in [-0.25, -0.2) is 4.68 Å². The van der Waals surface area contributed by atoms with Crippen molar-refractivity contribution in [2.75, 3.05) is 0 Å². The summed E-state index contributed by atoms with van der Waals surface area (Å²) in [6, 6.07) is 9.84. The molecule has 4 nitrogen and oxygen atoms in total. The number of carbonyl (C=O) groups is 1. The normalized spacial score (nSPS) is 12.1. The molecule has 1 aromatic carbocycles. The smallest absolute Gasteiger partial charge is 0.217 e. The lowest BCUT2D eigenvalue weighted by Gasteiger charge is -2.14. The minimum atomic E-state index is -0.0259. The third-order valence-electron chi connectivity index (χ3n) is 2.56. The summed E-state index contributed by atoms with van der Waals surface area (Å²) in [5.41, 5.74) is 2.05. The molecule has 88 valence electrons. The Bertz CT molecular complexity index is 505. The first-order valence-corrected chi connectivity index (χ1v) is 5.54. The van der Waals surface area contributed by atoms with Crippen LogP contribution in [0.3, 0.4) is 0 Å². The van der Waals surface area contributed by atoms with Crippen LogP contribution in [0.25, 0.3) is 5.69 Å². The summed E-state index contributed by atoms with van der Waals surface area (Å²) in [7, 11) is 0. The van der Waals surface area contributed by atoms with Gasteiger partial charge >= 0.3 is 0 Å². The van der Waals surface area contributed by atoms with Gasteiger partial charge < -0.3 is 5.32 Å². The van der Waals surface area contributed by atoms with Crippen LogP contribution in [0, 0.1) is 0 Å². The monoisotopic (exact) mass is 229 g/mol. The minimum Gasteiger partial charge on any atom is -0.350 e. The molecular formula is C13H15N3O. The fourth-order valence-electron chi connectivity index (χ4n) is 1.75. The van der Waals surface area contributed by atoms with Gasteiger partial charge in [0.15, 0.2) is 0 Å². The Kier molecular flexibility index (Phi) is 3.23. The molecule has 0 aliphatic carbocycles. The van der Waals surface area contributed by atoms with Crippen molar-refractivity contribution in [3.05, 3.63) is 48.3 Å². The Hall–Kier alpha value is -2.10. The second-order valence-corrected chi connectivity index (χ2v) is 3.97. The van der Waals surface area contributed by atoms with E-state index in [0.717, 1.165) is 11.3 Å². The molecule has 0 aliphatic heterocycles. The zero-order valence-corrected chi connectivity index (χ0v) is 9.92. The maximum Gasteiger partial charge on any atom is 0.217 e. The Morgan fingerprint density at radius 3 is 2.88 bits per heavy atom. The first-order valence-electron chi connectivity index (χ1n) is 5.54. The van der Waals surface area contributed by atoms with Gasteiger partial charge in [-0.05, 0) is 30.7 Å². The number of hydrogen-bond donors (Lipinski definition) is 1. The quantitative estimate of drug-likeness (QED) is 0.875. The molecule has 0 bridgehead atoms. The van der Waals surface area contributed by atoms with Gasteiger partial charge in [0.2, 0.25) is 5.91 Å². The van der Waals surface area contributed by atoms with Gasteiger partial charge in [-0.15, -0.1) is 0 Å². The molecule has 0 saturated carbocycles. The van der Waals surface area contributed by atoms with Crippen LogP contribution in [-0.4, -0.2) is 15.7 Å². The highest BCUT2D eigenvalue weighted by Gasteiger charge is 2.07. The molecule has 0 aliphatic rings. The molecule has 0 spiro atoms. The van der Waals surface area contributed by atoms with Crippen molar-refractivity contribution in [3.8, 4) is 5.69 Å². The van der Waals surface area contributed by atoms with Crippen molar-refractivity contribution in [3.63, 3.8) is 0 Å². The van der Waals surface area contributed by atoms with Crippen molar-refractivity contribution in [1.29, 1.82) is 0 Å². The topological polar surface area (TPSA) is 46.9 Å². The van der Waals surface area contributed by atoms with E-state index < -0.39 is 0 Å². The molecule has 1 amide bonds. The molecule has 1 atom stereocenters. The fourth-order valence-corrected chi connectivity index (χ4v) is 1.75. The van der Waals surface area contributed by atoms with Crippen molar-refractivity contribution in [2.45, 2.75) is 19.9 Å². The maximum absolute atomic E-state index is 11.0. The molecule has 2 rings (SSSR count). The van der Waals surface area contributed by atoms with E-state index in [1.165, 1.54) is 6.92 Å². The van der Waals surface area contributed by atoms with E-state index >= 15 is 0 Å². The lowest BCUT2D eigenvalue weighted by molar-refractivity contribution is -0.119. The van der Waals surface area contributed by atoms with Crippen LogP contribution in [0.5, 0.6) is 0 Å². The summed E-state index contributed by atoms with van der Waals surface area (Å²) < 4.78 is 1.80. The minimum absolute atomic E-state index is 0.00279. The van der Waals surface area contributed by atoms with Gasteiger partial charge in [0.25, 0.3) is 0 Å². The second-order valence-electron chi connectivity index (χ2n) is 3.97. The SMILES string of the molecule is CC(=O)NC(C)c1cccc(-n2cccn2)c1. The molecule has 1 aromatic heterocycles. The molecule has 2 aromatic rings. The average molecular weight is 229 g/mol. The van der Waals surface area contributed by atoms with Crippen LogP contribution in [0.4, 0.5) is 0 Å². The van der Waals surface area contributed by atoms with Gasteiger partial charge in [0, 0.05) is 19.3 Å². The zero-order valence-electron chi connectivity index (χ0n) is 9.92. The molecule has 0 fully saturated rings. The highest BCUT2D eigenvalue weighted by molar-refractivity contribution is 5.73. The molecule has 0 saturated heterocycles. The number of carbonyl (C=O) groups excluding carboxylic acids is 1.